The SMILES string of the molecule is C=C1CC2CC1C1=C2CCC(C)C1. The Morgan fingerprint density at radius 1 is 1.23 bits per heavy atom. The van der Waals surface area contributed by atoms with Crippen molar-refractivity contribution in [3.8, 4) is 0 Å². The van der Waals surface area contributed by atoms with Crippen LogP contribution in [-0.2, 0) is 0 Å². The zero-order valence-electron chi connectivity index (χ0n) is 8.47. The van der Waals surface area contributed by atoms with Crippen LogP contribution in [-0.4, -0.2) is 0 Å². The highest BCUT2D eigenvalue weighted by atomic mass is 14.5. The largest absolute Gasteiger partial charge is 0.0992 e. The fraction of sp³-hybridized carbons (Fsp3) is 0.692. The quantitative estimate of drug-likeness (QED) is 0.491. The molecule has 0 heteroatoms. The van der Waals surface area contributed by atoms with Crippen LogP contribution in [0.4, 0.5) is 0 Å². The van der Waals surface area contributed by atoms with Gasteiger partial charge in [0.15, 0.2) is 0 Å². The van der Waals surface area contributed by atoms with Crippen molar-refractivity contribution >= 4 is 0 Å². The Hall–Kier alpha value is -0.520. The highest BCUT2D eigenvalue weighted by Crippen LogP contribution is 2.56. The summed E-state index contributed by atoms with van der Waals surface area (Å²) < 4.78 is 0. The summed E-state index contributed by atoms with van der Waals surface area (Å²) in [5.74, 6) is 2.69. The first-order valence-corrected chi connectivity index (χ1v) is 5.65. The summed E-state index contributed by atoms with van der Waals surface area (Å²) in [6.07, 6.45) is 6.98. The summed E-state index contributed by atoms with van der Waals surface area (Å²) in [4.78, 5) is 0. The van der Waals surface area contributed by atoms with Crippen LogP contribution in [0, 0.1) is 17.8 Å². The minimum atomic E-state index is 0.822. The zero-order valence-corrected chi connectivity index (χ0v) is 8.47. The lowest BCUT2D eigenvalue weighted by Gasteiger charge is -2.29. The van der Waals surface area contributed by atoms with Crippen molar-refractivity contribution < 1.29 is 0 Å². The van der Waals surface area contributed by atoms with E-state index in [1.54, 1.807) is 0 Å². The normalized spacial score (nSPS) is 42.8. The van der Waals surface area contributed by atoms with Crippen molar-refractivity contribution in [2.75, 3.05) is 0 Å². The van der Waals surface area contributed by atoms with Crippen LogP contribution in [0.1, 0.15) is 39.0 Å². The fourth-order valence-electron chi connectivity index (χ4n) is 3.65. The summed E-state index contributed by atoms with van der Waals surface area (Å²) in [6, 6.07) is 0. The van der Waals surface area contributed by atoms with Gasteiger partial charge in [-0.25, -0.2) is 0 Å². The van der Waals surface area contributed by atoms with Crippen LogP contribution in [0.2, 0.25) is 0 Å². The van der Waals surface area contributed by atoms with Crippen molar-refractivity contribution in [2.24, 2.45) is 17.8 Å². The molecule has 3 unspecified atom stereocenters. The molecule has 3 rings (SSSR count). The van der Waals surface area contributed by atoms with Gasteiger partial charge in [-0.05, 0) is 43.9 Å². The lowest BCUT2D eigenvalue weighted by molar-refractivity contribution is 0.467. The molecule has 0 amide bonds. The van der Waals surface area contributed by atoms with Crippen LogP contribution in [0.25, 0.3) is 0 Å². The predicted octanol–water partition coefficient (Wildman–Crippen LogP) is 3.70. The maximum Gasteiger partial charge on any atom is 0.00132 e. The van der Waals surface area contributed by atoms with E-state index in [2.05, 4.69) is 13.5 Å². The van der Waals surface area contributed by atoms with E-state index in [1.165, 1.54) is 37.7 Å². The van der Waals surface area contributed by atoms with E-state index in [-0.39, 0.29) is 0 Å². The van der Waals surface area contributed by atoms with Gasteiger partial charge in [0.2, 0.25) is 0 Å². The number of fused-ring (bicyclic) bond motifs is 4. The summed E-state index contributed by atoms with van der Waals surface area (Å²) in [7, 11) is 0. The summed E-state index contributed by atoms with van der Waals surface area (Å²) in [6.45, 7) is 6.62. The predicted molar refractivity (Wildman–Crippen MR) is 55.4 cm³/mol. The number of allylic oxidation sites excluding steroid dienone is 3. The minimum Gasteiger partial charge on any atom is -0.0992 e. The van der Waals surface area contributed by atoms with Gasteiger partial charge in [-0.2, -0.15) is 0 Å². The van der Waals surface area contributed by atoms with Gasteiger partial charge in [-0.3, -0.25) is 0 Å². The van der Waals surface area contributed by atoms with Crippen LogP contribution in [0.5, 0.6) is 0 Å². The van der Waals surface area contributed by atoms with Crippen molar-refractivity contribution in [1.82, 2.24) is 0 Å². The van der Waals surface area contributed by atoms with Gasteiger partial charge in [0, 0.05) is 5.92 Å². The smallest absolute Gasteiger partial charge is 0.00132 e. The lowest BCUT2D eigenvalue weighted by Crippen LogP contribution is -2.14. The molecule has 3 aliphatic rings. The molecule has 3 atom stereocenters. The third-order valence-corrected chi connectivity index (χ3v) is 4.32. The highest BCUT2D eigenvalue weighted by Gasteiger charge is 2.42. The van der Waals surface area contributed by atoms with Crippen molar-refractivity contribution in [3.63, 3.8) is 0 Å². The Morgan fingerprint density at radius 2 is 2.08 bits per heavy atom. The number of hydrogen-bond donors (Lipinski definition) is 0. The second-order valence-corrected chi connectivity index (χ2v) is 5.25. The summed E-state index contributed by atoms with van der Waals surface area (Å²) in [5.41, 5.74) is 5.22. The molecule has 3 aliphatic carbocycles. The molecular weight excluding hydrogens is 156 g/mol. The number of rotatable bonds is 0. The van der Waals surface area contributed by atoms with E-state index in [4.69, 9.17) is 0 Å². The Balaban J connectivity index is 1.98. The molecule has 0 aromatic rings. The van der Waals surface area contributed by atoms with Gasteiger partial charge in [-0.1, -0.05) is 30.2 Å². The molecule has 0 nitrogen and oxygen atoms in total. The third kappa shape index (κ3) is 0.978. The molecule has 13 heavy (non-hydrogen) atoms. The highest BCUT2D eigenvalue weighted by molar-refractivity contribution is 5.40. The van der Waals surface area contributed by atoms with Gasteiger partial charge in [-0.15, -0.1) is 0 Å². The molecule has 0 aromatic carbocycles. The molecule has 2 bridgehead atoms. The summed E-state index contributed by atoms with van der Waals surface area (Å²) in [5, 5.41) is 0. The molecule has 1 fully saturated rings. The molecule has 1 saturated carbocycles. The Labute approximate surface area is 80.7 Å². The van der Waals surface area contributed by atoms with Crippen molar-refractivity contribution in [1.29, 1.82) is 0 Å². The number of hydrogen-bond acceptors (Lipinski definition) is 0. The topological polar surface area (TPSA) is 0 Å². The van der Waals surface area contributed by atoms with Gasteiger partial charge in [0.25, 0.3) is 0 Å². The molecule has 0 heterocycles. The molecule has 70 valence electrons. The lowest BCUT2D eigenvalue weighted by atomic mass is 9.77. The van der Waals surface area contributed by atoms with E-state index in [0.29, 0.717) is 0 Å². The van der Waals surface area contributed by atoms with Crippen LogP contribution in [0.15, 0.2) is 23.3 Å². The standard InChI is InChI=1S/C13H18/c1-8-3-4-11-10-6-9(2)12(7-10)13(11)5-8/h8,10,12H,2-7H2,1H3. The second-order valence-electron chi connectivity index (χ2n) is 5.25. The molecule has 0 spiro atoms. The molecule has 0 saturated heterocycles. The van der Waals surface area contributed by atoms with E-state index < -0.39 is 0 Å². The maximum absolute atomic E-state index is 4.22. The molecule has 0 aliphatic heterocycles. The summed E-state index contributed by atoms with van der Waals surface area (Å²) >= 11 is 0. The minimum absolute atomic E-state index is 0.822. The van der Waals surface area contributed by atoms with Crippen LogP contribution >= 0.6 is 0 Å². The maximum atomic E-state index is 4.22. The van der Waals surface area contributed by atoms with Crippen LogP contribution < -0.4 is 0 Å². The Morgan fingerprint density at radius 3 is 2.92 bits per heavy atom. The first kappa shape index (κ1) is 7.84. The van der Waals surface area contributed by atoms with E-state index in [0.717, 1.165) is 17.8 Å². The van der Waals surface area contributed by atoms with Gasteiger partial charge in [0.05, 0.1) is 0 Å². The Kier molecular flexibility index (Phi) is 1.51. The second kappa shape index (κ2) is 2.50. The van der Waals surface area contributed by atoms with E-state index in [1.807, 2.05) is 11.1 Å². The van der Waals surface area contributed by atoms with Gasteiger partial charge >= 0.3 is 0 Å². The average molecular weight is 174 g/mol. The monoisotopic (exact) mass is 174 g/mol. The van der Waals surface area contributed by atoms with Crippen LogP contribution in [0.3, 0.4) is 0 Å². The fourth-order valence-corrected chi connectivity index (χ4v) is 3.65. The molecular formula is C13H18. The third-order valence-electron chi connectivity index (χ3n) is 4.32. The van der Waals surface area contributed by atoms with Gasteiger partial charge < -0.3 is 0 Å². The molecule has 0 aromatic heterocycles. The van der Waals surface area contributed by atoms with E-state index in [9.17, 15) is 0 Å². The zero-order chi connectivity index (χ0) is 9.00. The van der Waals surface area contributed by atoms with E-state index >= 15 is 0 Å². The first-order chi connectivity index (χ1) is 6.25. The first-order valence-electron chi connectivity index (χ1n) is 5.65. The molecule has 0 radical (unpaired) electrons. The Bertz CT molecular complexity index is 295. The van der Waals surface area contributed by atoms with Crippen molar-refractivity contribution in [2.45, 2.75) is 39.0 Å². The van der Waals surface area contributed by atoms with Gasteiger partial charge in [0.1, 0.15) is 0 Å². The van der Waals surface area contributed by atoms with Crippen molar-refractivity contribution in [3.05, 3.63) is 23.3 Å². The average Bonchev–Trinajstić information content (AvgIpc) is 2.60. The molecule has 0 N–H and O–H groups in total.